The number of aromatic hydroxyl groups is 1. The molecule has 5 rings (SSSR count). The van der Waals surface area contributed by atoms with Gasteiger partial charge in [-0.2, -0.15) is 0 Å². The molecule has 0 unspecified atom stereocenters. The second-order valence-corrected chi connectivity index (χ2v) is 13.8. The topological polar surface area (TPSA) is 32.6 Å². The van der Waals surface area contributed by atoms with Crippen LogP contribution in [0.2, 0.25) is 0 Å². The van der Waals surface area contributed by atoms with E-state index in [1.54, 1.807) is 0 Å². The van der Waals surface area contributed by atoms with E-state index in [2.05, 4.69) is 66.8 Å². The maximum atomic E-state index is 11.9. The van der Waals surface area contributed by atoms with E-state index in [0.29, 0.717) is 28.4 Å². The van der Waals surface area contributed by atoms with Gasteiger partial charge < -0.3 is 5.11 Å². The molecular weight excluding hydrogens is 402 g/mol. The van der Waals surface area contributed by atoms with Crippen LogP contribution in [0.5, 0.6) is 5.75 Å². The molecule has 6 atom stereocenters. The van der Waals surface area contributed by atoms with Crippen LogP contribution in [-0.2, 0) is 0 Å². The summed E-state index contributed by atoms with van der Waals surface area (Å²) in [7, 11) is 0. The zero-order chi connectivity index (χ0) is 23.8. The van der Waals surface area contributed by atoms with Gasteiger partial charge in [-0.3, -0.25) is 4.99 Å². The van der Waals surface area contributed by atoms with Crippen LogP contribution in [0.25, 0.3) is 0 Å². The Bertz CT molecular complexity index is 893. The van der Waals surface area contributed by atoms with E-state index >= 15 is 0 Å². The van der Waals surface area contributed by atoms with Crippen molar-refractivity contribution in [3.8, 4) is 5.75 Å². The van der Waals surface area contributed by atoms with Crippen LogP contribution in [0, 0.1) is 33.5 Å². The first-order chi connectivity index (χ1) is 15.5. The lowest BCUT2D eigenvalue weighted by Gasteiger charge is -2.42. The molecular formula is C31H47NO. The minimum absolute atomic E-state index is 0.266. The molecule has 0 heterocycles. The lowest BCUT2D eigenvalue weighted by atomic mass is 9.63. The average Bonchev–Trinajstić information content (AvgIpc) is 3.29. The Hall–Kier alpha value is -1.31. The van der Waals surface area contributed by atoms with Crippen molar-refractivity contribution in [1.82, 2.24) is 0 Å². The van der Waals surface area contributed by atoms with Crippen LogP contribution in [0.1, 0.15) is 128 Å². The van der Waals surface area contributed by atoms with Gasteiger partial charge in [0.25, 0.3) is 0 Å². The summed E-state index contributed by atoms with van der Waals surface area (Å²) in [6.45, 7) is 18.1. The fourth-order valence-electron chi connectivity index (χ4n) is 9.08. The third kappa shape index (κ3) is 3.07. The van der Waals surface area contributed by atoms with Crippen LogP contribution in [-0.4, -0.2) is 17.9 Å². The summed E-state index contributed by atoms with van der Waals surface area (Å²) in [6.07, 6.45) is 12.1. The molecule has 1 aromatic carbocycles. The minimum atomic E-state index is 0.266. The summed E-state index contributed by atoms with van der Waals surface area (Å²) in [4.78, 5) is 4.78. The van der Waals surface area contributed by atoms with E-state index in [0.717, 1.165) is 24.8 Å². The molecule has 0 aromatic heterocycles. The number of phenolic OH excluding ortho intramolecular Hbond substituents is 1. The molecule has 33 heavy (non-hydrogen) atoms. The van der Waals surface area contributed by atoms with E-state index in [4.69, 9.17) is 4.99 Å². The van der Waals surface area contributed by atoms with Gasteiger partial charge in [0.2, 0.25) is 0 Å². The number of unbranched alkanes of at least 4 members (excludes halogenated alkanes) is 1. The van der Waals surface area contributed by atoms with Gasteiger partial charge in [-0.25, -0.2) is 0 Å². The number of aliphatic imine (C=N–C) groups is 1. The smallest absolute Gasteiger partial charge is 0.122 e. The van der Waals surface area contributed by atoms with Gasteiger partial charge in [0.1, 0.15) is 5.75 Å². The lowest BCUT2D eigenvalue weighted by Crippen LogP contribution is -2.32. The first-order valence-corrected chi connectivity index (χ1v) is 13.8. The van der Waals surface area contributed by atoms with E-state index in [9.17, 15) is 5.11 Å². The van der Waals surface area contributed by atoms with E-state index in [-0.39, 0.29) is 10.8 Å². The van der Waals surface area contributed by atoms with Gasteiger partial charge in [-0.1, -0.05) is 54.9 Å². The Morgan fingerprint density at radius 2 is 1.36 bits per heavy atom. The van der Waals surface area contributed by atoms with Crippen molar-refractivity contribution >= 4 is 6.21 Å². The van der Waals surface area contributed by atoms with Gasteiger partial charge in [0, 0.05) is 12.8 Å². The molecule has 4 saturated carbocycles. The maximum Gasteiger partial charge on any atom is 0.122 e. The monoisotopic (exact) mass is 449 g/mol. The highest BCUT2D eigenvalue weighted by Crippen LogP contribution is 2.74. The zero-order valence-electron chi connectivity index (χ0n) is 22.3. The number of rotatable bonds is 6. The Labute approximate surface area is 202 Å². The number of fused-ring (bicyclic) bond motifs is 4. The van der Waals surface area contributed by atoms with Crippen LogP contribution in [0.3, 0.4) is 0 Å². The number of hydrogen-bond acceptors (Lipinski definition) is 2. The van der Waals surface area contributed by atoms with Crippen molar-refractivity contribution in [2.75, 3.05) is 6.54 Å². The van der Waals surface area contributed by atoms with Gasteiger partial charge in [-0.05, 0) is 119 Å². The molecule has 1 N–H and O–H groups in total. The van der Waals surface area contributed by atoms with Gasteiger partial charge in [0.15, 0.2) is 0 Å². The molecule has 0 saturated heterocycles. The van der Waals surface area contributed by atoms with Gasteiger partial charge >= 0.3 is 0 Å². The fourth-order valence-corrected chi connectivity index (χ4v) is 9.08. The maximum absolute atomic E-state index is 11.9. The molecule has 2 nitrogen and oxygen atoms in total. The average molecular weight is 450 g/mol. The molecule has 0 spiro atoms. The molecule has 4 bridgehead atoms. The Morgan fingerprint density at radius 1 is 0.879 bits per heavy atom. The first kappa shape index (κ1) is 23.4. The summed E-state index contributed by atoms with van der Waals surface area (Å²) in [5.41, 5.74) is 4.89. The van der Waals surface area contributed by atoms with E-state index in [1.165, 1.54) is 61.6 Å². The summed E-state index contributed by atoms with van der Waals surface area (Å²) in [5.74, 6) is 3.08. The Balaban J connectivity index is 1.60. The molecule has 0 aliphatic heterocycles. The summed E-state index contributed by atoms with van der Waals surface area (Å²) in [6, 6.07) is 4.61. The van der Waals surface area contributed by atoms with Gasteiger partial charge in [-0.15, -0.1) is 0 Å². The van der Waals surface area contributed by atoms with Crippen molar-refractivity contribution in [3.63, 3.8) is 0 Å². The molecule has 4 aliphatic rings. The van der Waals surface area contributed by atoms with Crippen LogP contribution < -0.4 is 0 Å². The van der Waals surface area contributed by atoms with Crippen LogP contribution in [0.4, 0.5) is 0 Å². The highest BCUT2D eigenvalue weighted by Gasteiger charge is 2.63. The molecule has 4 fully saturated rings. The summed E-state index contributed by atoms with van der Waals surface area (Å²) < 4.78 is 0. The second kappa shape index (κ2) is 7.59. The van der Waals surface area contributed by atoms with Crippen molar-refractivity contribution < 1.29 is 5.11 Å². The van der Waals surface area contributed by atoms with Crippen molar-refractivity contribution in [3.05, 3.63) is 28.8 Å². The molecule has 2 heteroatoms. The Morgan fingerprint density at radius 3 is 1.73 bits per heavy atom. The standard InChI is InChI=1S/C31H47NO/c1-8-9-14-32-19-20-15-23(25-17-21-10-12-30(25,6)28(21,2)3)27(33)24(16-20)26-18-22-11-13-31(26,7)29(22,4)5/h15-16,19,21-22,25-26,33H,8-14,17-18H2,1-7H3/t21-,22+,25+,26-,30+,31-. The molecule has 1 aromatic rings. The van der Waals surface area contributed by atoms with Gasteiger partial charge in [0.05, 0.1) is 0 Å². The second-order valence-electron chi connectivity index (χ2n) is 13.8. The molecule has 0 radical (unpaired) electrons. The number of phenols is 1. The predicted molar refractivity (Wildman–Crippen MR) is 139 cm³/mol. The number of benzene rings is 1. The summed E-state index contributed by atoms with van der Waals surface area (Å²) >= 11 is 0. The highest BCUT2D eigenvalue weighted by molar-refractivity contribution is 5.81. The largest absolute Gasteiger partial charge is 0.507 e. The predicted octanol–water partition coefficient (Wildman–Crippen LogP) is 8.47. The van der Waals surface area contributed by atoms with Crippen molar-refractivity contribution in [2.24, 2.45) is 38.5 Å². The summed E-state index contributed by atoms with van der Waals surface area (Å²) in [5, 5.41) is 11.9. The number of hydrogen-bond donors (Lipinski definition) is 1. The lowest BCUT2D eigenvalue weighted by molar-refractivity contribution is 0.130. The van der Waals surface area contributed by atoms with E-state index < -0.39 is 0 Å². The third-order valence-electron chi connectivity index (χ3n) is 12.4. The minimum Gasteiger partial charge on any atom is -0.507 e. The SMILES string of the molecule is CCCCN=Cc1cc([C@H]2C[C@@H]3CC[C@@]2(C)C3(C)C)c(O)c([C@@H]2C[C@H]3CC[C@]2(C)C3(C)C)c1. The highest BCUT2D eigenvalue weighted by atomic mass is 16.3. The third-order valence-corrected chi connectivity index (χ3v) is 12.4. The molecule has 182 valence electrons. The van der Waals surface area contributed by atoms with Crippen LogP contribution >= 0.6 is 0 Å². The quantitative estimate of drug-likeness (QED) is 0.343. The van der Waals surface area contributed by atoms with E-state index in [1.807, 2.05) is 0 Å². The zero-order valence-corrected chi connectivity index (χ0v) is 22.3. The van der Waals surface area contributed by atoms with Crippen molar-refractivity contribution in [2.45, 2.75) is 112 Å². The number of nitrogens with zero attached hydrogens (tertiary/aromatic N) is 1. The first-order valence-electron chi connectivity index (χ1n) is 13.8. The normalized spacial score (nSPS) is 40.3. The fraction of sp³-hybridized carbons (Fsp3) is 0.774. The van der Waals surface area contributed by atoms with Crippen molar-refractivity contribution in [1.29, 1.82) is 0 Å². The Kier molecular flexibility index (Phi) is 5.39. The molecule has 4 aliphatic carbocycles. The molecule has 0 amide bonds. The van der Waals surface area contributed by atoms with Crippen LogP contribution in [0.15, 0.2) is 17.1 Å².